The number of amides is 1. The smallest absolute Gasteiger partial charge is 0.227 e. The van der Waals surface area contributed by atoms with E-state index in [4.69, 9.17) is 0 Å². The molecule has 1 saturated carbocycles. The summed E-state index contributed by atoms with van der Waals surface area (Å²) in [7, 11) is 0. The van der Waals surface area contributed by atoms with Gasteiger partial charge in [0.25, 0.3) is 0 Å². The van der Waals surface area contributed by atoms with E-state index < -0.39 is 5.60 Å². The molecule has 20 heavy (non-hydrogen) atoms. The second kappa shape index (κ2) is 6.40. The van der Waals surface area contributed by atoms with Crippen LogP contribution in [0.2, 0.25) is 0 Å². The largest absolute Gasteiger partial charge is 0.388 e. The summed E-state index contributed by atoms with van der Waals surface area (Å²) >= 11 is 0. The highest BCUT2D eigenvalue weighted by atomic mass is 16.3. The van der Waals surface area contributed by atoms with Crippen molar-refractivity contribution < 1.29 is 9.90 Å². The van der Waals surface area contributed by atoms with Crippen LogP contribution in [0.5, 0.6) is 0 Å². The second-order valence-corrected chi connectivity index (χ2v) is 6.26. The number of hydrogen-bond acceptors (Lipinski definition) is 2. The topological polar surface area (TPSA) is 49.3 Å². The lowest BCUT2D eigenvalue weighted by Crippen LogP contribution is -2.46. The maximum atomic E-state index is 12.2. The van der Waals surface area contributed by atoms with Crippen molar-refractivity contribution in [1.29, 1.82) is 0 Å². The third-order valence-corrected chi connectivity index (χ3v) is 4.49. The summed E-state index contributed by atoms with van der Waals surface area (Å²) in [5.74, 6) is 0.500. The van der Waals surface area contributed by atoms with E-state index in [1.165, 1.54) is 0 Å². The summed E-state index contributed by atoms with van der Waals surface area (Å²) in [6.45, 7) is 4.49. The number of benzene rings is 1. The molecule has 0 spiro atoms. The lowest BCUT2D eigenvalue weighted by molar-refractivity contribution is -0.124. The SMILES string of the molecule is CC1CCC(O)(CNC(=O)C(C)c2ccccc2)CC1. The van der Waals surface area contributed by atoms with Crippen molar-refractivity contribution in [3.8, 4) is 0 Å². The van der Waals surface area contributed by atoms with E-state index in [0.717, 1.165) is 31.2 Å². The van der Waals surface area contributed by atoms with Crippen LogP contribution in [0.15, 0.2) is 30.3 Å². The first-order valence-corrected chi connectivity index (χ1v) is 7.55. The summed E-state index contributed by atoms with van der Waals surface area (Å²) in [4.78, 5) is 12.2. The molecule has 0 bridgehead atoms. The molecule has 1 unspecified atom stereocenters. The number of rotatable bonds is 4. The summed E-state index contributed by atoms with van der Waals surface area (Å²) < 4.78 is 0. The minimum absolute atomic E-state index is 0.0109. The van der Waals surface area contributed by atoms with Crippen LogP contribution >= 0.6 is 0 Å². The van der Waals surface area contributed by atoms with E-state index in [1.54, 1.807) is 0 Å². The number of nitrogens with one attached hydrogen (secondary N) is 1. The van der Waals surface area contributed by atoms with Crippen molar-refractivity contribution in [3.63, 3.8) is 0 Å². The van der Waals surface area contributed by atoms with Crippen LogP contribution in [-0.4, -0.2) is 23.2 Å². The summed E-state index contributed by atoms with van der Waals surface area (Å²) in [6, 6.07) is 9.74. The summed E-state index contributed by atoms with van der Waals surface area (Å²) in [5, 5.41) is 13.4. The van der Waals surface area contributed by atoms with Gasteiger partial charge >= 0.3 is 0 Å². The molecule has 0 saturated heterocycles. The Kier molecular flexibility index (Phi) is 4.81. The van der Waals surface area contributed by atoms with E-state index in [0.29, 0.717) is 12.5 Å². The van der Waals surface area contributed by atoms with Gasteiger partial charge in [-0.1, -0.05) is 37.3 Å². The van der Waals surface area contributed by atoms with Gasteiger partial charge in [0.1, 0.15) is 0 Å². The predicted molar refractivity (Wildman–Crippen MR) is 80.4 cm³/mol. The molecule has 1 aromatic rings. The molecule has 0 radical (unpaired) electrons. The Balaban J connectivity index is 1.86. The molecule has 1 aliphatic rings. The summed E-state index contributed by atoms with van der Waals surface area (Å²) in [5.41, 5.74) is 0.299. The van der Waals surface area contributed by atoms with Crippen LogP contribution in [0.25, 0.3) is 0 Å². The second-order valence-electron chi connectivity index (χ2n) is 6.26. The lowest BCUT2D eigenvalue weighted by atomic mass is 9.79. The van der Waals surface area contributed by atoms with Crippen LogP contribution in [0.4, 0.5) is 0 Å². The molecule has 3 nitrogen and oxygen atoms in total. The minimum atomic E-state index is -0.710. The maximum absolute atomic E-state index is 12.2. The zero-order valence-electron chi connectivity index (χ0n) is 12.4. The molecule has 0 heterocycles. The van der Waals surface area contributed by atoms with Crippen LogP contribution < -0.4 is 5.32 Å². The first kappa shape index (κ1) is 15.0. The van der Waals surface area contributed by atoms with Gasteiger partial charge in [-0.25, -0.2) is 0 Å². The predicted octanol–water partition coefficient (Wildman–Crippen LogP) is 2.85. The molecule has 1 amide bonds. The monoisotopic (exact) mass is 275 g/mol. The quantitative estimate of drug-likeness (QED) is 0.887. The van der Waals surface area contributed by atoms with Crippen molar-refractivity contribution in [3.05, 3.63) is 35.9 Å². The van der Waals surface area contributed by atoms with Gasteiger partial charge in [-0.2, -0.15) is 0 Å². The van der Waals surface area contributed by atoms with E-state index in [1.807, 2.05) is 37.3 Å². The third kappa shape index (κ3) is 3.83. The Morgan fingerprint density at radius 3 is 2.55 bits per heavy atom. The van der Waals surface area contributed by atoms with Gasteiger partial charge in [0, 0.05) is 6.54 Å². The molecular formula is C17H25NO2. The van der Waals surface area contributed by atoms with Gasteiger partial charge in [-0.3, -0.25) is 4.79 Å². The minimum Gasteiger partial charge on any atom is -0.388 e. The number of aliphatic hydroxyl groups is 1. The Morgan fingerprint density at radius 2 is 1.95 bits per heavy atom. The van der Waals surface area contributed by atoms with E-state index in [-0.39, 0.29) is 11.8 Å². The number of carbonyl (C=O) groups is 1. The van der Waals surface area contributed by atoms with Crippen molar-refractivity contribution in [2.45, 2.75) is 51.0 Å². The first-order chi connectivity index (χ1) is 9.50. The Hall–Kier alpha value is -1.35. The van der Waals surface area contributed by atoms with E-state index >= 15 is 0 Å². The molecule has 1 aromatic carbocycles. The molecular weight excluding hydrogens is 250 g/mol. The van der Waals surface area contributed by atoms with Crippen LogP contribution in [-0.2, 0) is 4.79 Å². The van der Waals surface area contributed by atoms with Crippen LogP contribution in [0.1, 0.15) is 51.0 Å². The van der Waals surface area contributed by atoms with Gasteiger partial charge in [-0.15, -0.1) is 0 Å². The van der Waals surface area contributed by atoms with Gasteiger partial charge < -0.3 is 10.4 Å². The Labute approximate surface area is 121 Å². The van der Waals surface area contributed by atoms with Crippen molar-refractivity contribution in [2.24, 2.45) is 5.92 Å². The van der Waals surface area contributed by atoms with E-state index in [2.05, 4.69) is 12.2 Å². The molecule has 2 rings (SSSR count). The summed E-state index contributed by atoms with van der Waals surface area (Å²) in [6.07, 6.45) is 3.66. The fraction of sp³-hybridized carbons (Fsp3) is 0.588. The zero-order valence-corrected chi connectivity index (χ0v) is 12.4. The van der Waals surface area contributed by atoms with Gasteiger partial charge in [0.05, 0.1) is 11.5 Å². The molecule has 1 fully saturated rings. The van der Waals surface area contributed by atoms with Gasteiger partial charge in [0.15, 0.2) is 0 Å². The molecule has 2 N–H and O–H groups in total. The van der Waals surface area contributed by atoms with Crippen molar-refractivity contribution in [1.82, 2.24) is 5.32 Å². The average molecular weight is 275 g/mol. The molecule has 3 heteroatoms. The van der Waals surface area contributed by atoms with Crippen LogP contribution in [0, 0.1) is 5.92 Å². The molecule has 0 aromatic heterocycles. The third-order valence-electron chi connectivity index (χ3n) is 4.49. The Morgan fingerprint density at radius 1 is 1.35 bits per heavy atom. The van der Waals surface area contributed by atoms with Crippen LogP contribution in [0.3, 0.4) is 0 Å². The molecule has 0 aliphatic heterocycles. The highest BCUT2D eigenvalue weighted by Crippen LogP contribution is 2.31. The molecule has 1 aliphatic carbocycles. The highest BCUT2D eigenvalue weighted by Gasteiger charge is 2.32. The lowest BCUT2D eigenvalue weighted by Gasteiger charge is -2.35. The Bertz CT molecular complexity index is 436. The average Bonchev–Trinajstić information content (AvgIpc) is 2.48. The standard InChI is InChI=1S/C17H25NO2/c1-13-8-10-17(20,11-9-13)12-18-16(19)14(2)15-6-4-3-5-7-15/h3-7,13-14,20H,8-12H2,1-2H3,(H,18,19). The molecule has 1 atom stereocenters. The van der Waals surface area contributed by atoms with Gasteiger partial charge in [0.2, 0.25) is 5.91 Å². The zero-order chi connectivity index (χ0) is 14.6. The molecule has 110 valence electrons. The van der Waals surface area contributed by atoms with E-state index in [9.17, 15) is 9.90 Å². The number of carbonyl (C=O) groups excluding carboxylic acids is 1. The van der Waals surface area contributed by atoms with Crippen molar-refractivity contribution >= 4 is 5.91 Å². The highest BCUT2D eigenvalue weighted by molar-refractivity contribution is 5.83. The van der Waals surface area contributed by atoms with Crippen molar-refractivity contribution in [2.75, 3.05) is 6.54 Å². The first-order valence-electron chi connectivity index (χ1n) is 7.55. The fourth-order valence-electron chi connectivity index (χ4n) is 2.77. The normalized spacial score (nSPS) is 27.9. The van der Waals surface area contributed by atoms with Gasteiger partial charge in [-0.05, 0) is 44.1 Å². The fourth-order valence-corrected chi connectivity index (χ4v) is 2.77. The maximum Gasteiger partial charge on any atom is 0.227 e. The number of hydrogen-bond donors (Lipinski definition) is 2.